The number of hydrogen-bond acceptors (Lipinski definition) is 4. The summed E-state index contributed by atoms with van der Waals surface area (Å²) in [5.41, 5.74) is 4.37. The van der Waals surface area contributed by atoms with Crippen molar-refractivity contribution in [1.82, 2.24) is 5.43 Å². The van der Waals surface area contributed by atoms with Crippen LogP contribution in [0.5, 0.6) is 5.75 Å². The molecule has 3 aromatic carbocycles. The lowest BCUT2D eigenvalue weighted by Gasteiger charge is -2.09. The number of amides is 1. The van der Waals surface area contributed by atoms with Crippen LogP contribution in [-0.2, 0) is 11.4 Å². The molecule has 154 valence electrons. The maximum Gasteiger partial charge on any atom is 0.250 e. The summed E-state index contributed by atoms with van der Waals surface area (Å²) in [7, 11) is 0. The molecule has 0 radical (unpaired) electrons. The van der Waals surface area contributed by atoms with Crippen molar-refractivity contribution in [2.45, 2.75) is 11.5 Å². The molecule has 0 saturated heterocycles. The van der Waals surface area contributed by atoms with Crippen LogP contribution in [0, 0.1) is 0 Å². The molecule has 3 aromatic rings. The molecule has 0 unspecified atom stereocenters. The van der Waals surface area contributed by atoms with E-state index in [2.05, 4.69) is 26.5 Å². The zero-order valence-electron chi connectivity index (χ0n) is 15.6. The summed E-state index contributed by atoms with van der Waals surface area (Å²) in [6, 6.07) is 20.4. The molecule has 0 spiro atoms. The number of carbonyl (C=O) groups is 1. The normalized spacial score (nSPS) is 10.9. The molecule has 0 aliphatic heterocycles. The van der Waals surface area contributed by atoms with Crippen LogP contribution in [0.2, 0.25) is 10.0 Å². The van der Waals surface area contributed by atoms with Crippen LogP contribution in [0.4, 0.5) is 0 Å². The van der Waals surface area contributed by atoms with E-state index in [0.29, 0.717) is 22.4 Å². The second-order valence-corrected chi connectivity index (χ2v) is 8.92. The molecule has 0 bridgehead atoms. The molecule has 1 amide bonds. The average molecular weight is 524 g/mol. The molecular formula is C22H17BrCl2N2O2S. The third-order valence-corrected chi connectivity index (χ3v) is 5.99. The summed E-state index contributed by atoms with van der Waals surface area (Å²) in [6.45, 7) is 0.435. The lowest BCUT2D eigenvalue weighted by molar-refractivity contribution is -0.118. The first-order valence-corrected chi connectivity index (χ1v) is 11.4. The summed E-state index contributed by atoms with van der Waals surface area (Å²) in [5, 5.41) is 5.37. The fraction of sp³-hybridized carbons (Fsp3) is 0.0909. The number of carbonyl (C=O) groups excluding carboxylic acids is 1. The molecule has 0 atom stereocenters. The molecule has 4 nitrogen and oxygen atoms in total. The Morgan fingerprint density at radius 1 is 1.03 bits per heavy atom. The predicted molar refractivity (Wildman–Crippen MR) is 128 cm³/mol. The molecule has 1 N–H and O–H groups in total. The van der Waals surface area contributed by atoms with Crippen LogP contribution in [-0.4, -0.2) is 17.9 Å². The van der Waals surface area contributed by atoms with Gasteiger partial charge in [-0.3, -0.25) is 4.79 Å². The van der Waals surface area contributed by atoms with E-state index >= 15 is 0 Å². The first kappa shape index (κ1) is 22.7. The van der Waals surface area contributed by atoms with Gasteiger partial charge in [-0.2, -0.15) is 5.10 Å². The average Bonchev–Trinajstić information content (AvgIpc) is 2.74. The molecule has 0 fully saturated rings. The predicted octanol–water partition coefficient (Wildman–Crippen LogP) is 6.58. The van der Waals surface area contributed by atoms with Gasteiger partial charge < -0.3 is 4.74 Å². The zero-order valence-corrected chi connectivity index (χ0v) is 19.6. The van der Waals surface area contributed by atoms with E-state index in [1.165, 1.54) is 11.8 Å². The van der Waals surface area contributed by atoms with Gasteiger partial charge in [0.2, 0.25) is 5.91 Å². The number of halogens is 3. The van der Waals surface area contributed by atoms with Crippen LogP contribution < -0.4 is 10.2 Å². The minimum absolute atomic E-state index is 0.187. The smallest absolute Gasteiger partial charge is 0.250 e. The number of nitrogens with zero attached hydrogens (tertiary/aromatic N) is 1. The van der Waals surface area contributed by atoms with Crippen molar-refractivity contribution < 1.29 is 9.53 Å². The quantitative estimate of drug-likeness (QED) is 0.206. The van der Waals surface area contributed by atoms with Crippen molar-refractivity contribution in [2.24, 2.45) is 5.10 Å². The molecule has 0 aliphatic carbocycles. The fourth-order valence-electron chi connectivity index (χ4n) is 2.35. The minimum atomic E-state index is -0.187. The van der Waals surface area contributed by atoms with Gasteiger partial charge in [-0.25, -0.2) is 5.43 Å². The van der Waals surface area contributed by atoms with Crippen LogP contribution >= 0.6 is 50.9 Å². The molecule has 0 aromatic heterocycles. The summed E-state index contributed by atoms with van der Waals surface area (Å²) in [4.78, 5) is 12.9. The highest BCUT2D eigenvalue weighted by molar-refractivity contribution is 9.10. The number of hydrogen-bond donors (Lipinski definition) is 1. The number of rotatable bonds is 8. The third kappa shape index (κ3) is 7.36. The van der Waals surface area contributed by atoms with Gasteiger partial charge in [0.05, 0.1) is 16.4 Å². The van der Waals surface area contributed by atoms with E-state index in [-0.39, 0.29) is 11.7 Å². The third-order valence-electron chi connectivity index (χ3n) is 3.85. The summed E-state index contributed by atoms with van der Waals surface area (Å²) >= 11 is 16.7. The number of thioether (sulfide) groups is 1. The van der Waals surface area contributed by atoms with Gasteiger partial charge >= 0.3 is 0 Å². The van der Waals surface area contributed by atoms with Crippen LogP contribution in [0.1, 0.15) is 11.1 Å². The minimum Gasteiger partial charge on any atom is -0.488 e. The van der Waals surface area contributed by atoms with Gasteiger partial charge in [-0.05, 0) is 81.7 Å². The molecule has 3 rings (SSSR count). The van der Waals surface area contributed by atoms with Gasteiger partial charge in [-0.15, -0.1) is 11.8 Å². The van der Waals surface area contributed by atoms with Crippen molar-refractivity contribution in [3.63, 3.8) is 0 Å². The summed E-state index contributed by atoms with van der Waals surface area (Å²) in [5.74, 6) is 0.791. The Bertz CT molecular complexity index is 1030. The Morgan fingerprint density at radius 2 is 1.70 bits per heavy atom. The van der Waals surface area contributed by atoms with Gasteiger partial charge in [0.1, 0.15) is 12.4 Å². The topological polar surface area (TPSA) is 50.7 Å². The molecular weight excluding hydrogens is 507 g/mol. The van der Waals surface area contributed by atoms with Gasteiger partial charge in [-0.1, -0.05) is 35.3 Å². The zero-order chi connectivity index (χ0) is 21.3. The second-order valence-electron chi connectivity index (χ2n) is 6.14. The maximum atomic E-state index is 11.9. The SMILES string of the molecule is O=C(CSc1ccc(Cl)cc1)N/N=C\c1ccc(OCc2ccc(Cl)cc2)c(Br)c1. The van der Waals surface area contributed by atoms with Crippen LogP contribution in [0.25, 0.3) is 0 Å². The Kier molecular flexibility index (Phi) is 8.63. The highest BCUT2D eigenvalue weighted by Gasteiger charge is 2.04. The first-order valence-electron chi connectivity index (χ1n) is 8.87. The molecule has 0 heterocycles. The van der Waals surface area contributed by atoms with E-state index in [9.17, 15) is 4.79 Å². The molecule has 8 heteroatoms. The fourth-order valence-corrected chi connectivity index (χ4v) is 3.80. The standard InChI is InChI=1S/C22H17BrCl2N2O2S/c23-20-11-16(3-10-21(20)29-13-15-1-4-17(24)5-2-15)12-26-27-22(28)14-30-19-8-6-18(25)7-9-19/h1-12H,13-14H2,(H,27,28)/b26-12-. The van der Waals surface area contributed by atoms with Crippen molar-refractivity contribution in [3.05, 3.63) is 92.4 Å². The van der Waals surface area contributed by atoms with Crippen molar-refractivity contribution in [2.75, 3.05) is 5.75 Å². The summed E-state index contributed by atoms with van der Waals surface area (Å²) < 4.78 is 6.62. The highest BCUT2D eigenvalue weighted by atomic mass is 79.9. The van der Waals surface area contributed by atoms with E-state index in [1.807, 2.05) is 54.6 Å². The Hall–Kier alpha value is -1.99. The highest BCUT2D eigenvalue weighted by Crippen LogP contribution is 2.26. The number of benzene rings is 3. The first-order chi connectivity index (χ1) is 14.5. The van der Waals surface area contributed by atoms with Gasteiger partial charge in [0, 0.05) is 14.9 Å². The number of nitrogens with one attached hydrogen (secondary N) is 1. The van der Waals surface area contributed by atoms with Gasteiger partial charge in [0.25, 0.3) is 0 Å². The maximum absolute atomic E-state index is 11.9. The van der Waals surface area contributed by atoms with E-state index < -0.39 is 0 Å². The van der Waals surface area contributed by atoms with Crippen molar-refractivity contribution in [1.29, 1.82) is 0 Å². The molecule has 0 saturated carbocycles. The summed E-state index contributed by atoms with van der Waals surface area (Å²) in [6.07, 6.45) is 1.58. The van der Waals surface area contributed by atoms with E-state index in [4.69, 9.17) is 27.9 Å². The Morgan fingerprint density at radius 3 is 2.37 bits per heavy atom. The molecule has 30 heavy (non-hydrogen) atoms. The second kappa shape index (κ2) is 11.4. The molecule has 0 aliphatic rings. The van der Waals surface area contributed by atoms with Gasteiger partial charge in [0.15, 0.2) is 0 Å². The van der Waals surface area contributed by atoms with Crippen molar-refractivity contribution in [3.8, 4) is 5.75 Å². The van der Waals surface area contributed by atoms with E-state index in [0.717, 1.165) is 20.5 Å². The van der Waals surface area contributed by atoms with Crippen molar-refractivity contribution >= 4 is 63.0 Å². The van der Waals surface area contributed by atoms with Crippen LogP contribution in [0.3, 0.4) is 0 Å². The monoisotopic (exact) mass is 522 g/mol. The largest absolute Gasteiger partial charge is 0.488 e. The van der Waals surface area contributed by atoms with E-state index in [1.54, 1.807) is 18.3 Å². The lowest BCUT2D eigenvalue weighted by Crippen LogP contribution is -2.19. The Balaban J connectivity index is 1.47. The Labute approximate surface area is 197 Å². The lowest BCUT2D eigenvalue weighted by atomic mass is 10.2. The van der Waals surface area contributed by atoms with Crippen LogP contribution in [0.15, 0.2) is 81.2 Å². The number of hydrazone groups is 1. The number of ether oxygens (including phenoxy) is 1.